The maximum absolute atomic E-state index is 4.59. The predicted octanol–water partition coefficient (Wildman–Crippen LogP) is 6.99. The highest BCUT2D eigenvalue weighted by molar-refractivity contribution is 5.77. The highest BCUT2D eigenvalue weighted by Crippen LogP contribution is 2.26. The third kappa shape index (κ3) is 6.53. The van der Waals surface area contributed by atoms with E-state index >= 15 is 0 Å². The van der Waals surface area contributed by atoms with Gasteiger partial charge in [-0.1, -0.05) is 83.6 Å². The van der Waals surface area contributed by atoms with Crippen molar-refractivity contribution in [1.82, 2.24) is 19.9 Å². The Kier molecular flexibility index (Phi) is 10.1. The monoisotopic (exact) mass is 400 g/mol. The van der Waals surface area contributed by atoms with E-state index in [1.54, 1.807) is 0 Å². The summed E-state index contributed by atoms with van der Waals surface area (Å²) in [5.41, 5.74) is 3.40. The lowest BCUT2D eigenvalue weighted by atomic mass is 9.95. The molecule has 0 saturated carbocycles. The van der Waals surface area contributed by atoms with Crippen LogP contribution in [0, 0.1) is 18.8 Å². The third-order valence-corrected chi connectivity index (χ3v) is 6.66. The second-order valence-corrected chi connectivity index (χ2v) is 8.90. The minimum Gasteiger partial charge on any atom is -0.281 e. The molecule has 4 nitrogen and oxygen atoms in total. The molecule has 0 aliphatic rings. The van der Waals surface area contributed by atoms with E-state index in [9.17, 15) is 0 Å². The number of unbranched alkanes of at least 4 members (excludes halogenated alkanes) is 2. The maximum Gasteiger partial charge on any atom is 0.116 e. The lowest BCUT2D eigenvalue weighted by molar-refractivity contribution is 0.0927. The van der Waals surface area contributed by atoms with Gasteiger partial charge in [-0.05, 0) is 50.2 Å². The summed E-state index contributed by atoms with van der Waals surface area (Å²) in [7, 11) is 0. The van der Waals surface area contributed by atoms with Gasteiger partial charge in [0.05, 0.1) is 5.52 Å². The summed E-state index contributed by atoms with van der Waals surface area (Å²) in [5, 5.41) is 9.10. The summed E-state index contributed by atoms with van der Waals surface area (Å²) in [6.45, 7) is 16.1. The van der Waals surface area contributed by atoms with Gasteiger partial charge in [0.15, 0.2) is 0 Å². The Balaban J connectivity index is 2.26. The Hall–Kier alpha value is -1.42. The molecular formula is C25H44N4. The maximum atomic E-state index is 4.59. The molecule has 3 atom stereocenters. The second-order valence-electron chi connectivity index (χ2n) is 8.90. The summed E-state index contributed by atoms with van der Waals surface area (Å²) >= 11 is 0. The van der Waals surface area contributed by atoms with Crippen molar-refractivity contribution < 1.29 is 0 Å². The average Bonchev–Trinajstić information content (AvgIpc) is 3.17. The van der Waals surface area contributed by atoms with Crippen molar-refractivity contribution in [3.05, 3.63) is 23.8 Å². The molecule has 0 radical (unpaired) electrons. The molecule has 0 bridgehead atoms. The van der Waals surface area contributed by atoms with Crippen LogP contribution in [-0.2, 0) is 0 Å². The van der Waals surface area contributed by atoms with E-state index in [2.05, 4.69) is 79.6 Å². The summed E-state index contributed by atoms with van der Waals surface area (Å²) in [6.07, 6.45) is 10.6. The van der Waals surface area contributed by atoms with Crippen molar-refractivity contribution >= 4 is 11.0 Å². The zero-order valence-electron chi connectivity index (χ0n) is 19.8. The summed E-state index contributed by atoms with van der Waals surface area (Å²) < 4.78 is 2.15. The lowest BCUT2D eigenvalue weighted by Crippen LogP contribution is -2.39. The highest BCUT2D eigenvalue weighted by Gasteiger charge is 2.24. The molecule has 29 heavy (non-hydrogen) atoms. The molecule has 3 unspecified atom stereocenters. The molecule has 2 aromatic rings. The molecule has 164 valence electrons. The number of nitrogens with zero attached hydrogens (tertiary/aromatic N) is 4. The molecule has 4 heteroatoms. The van der Waals surface area contributed by atoms with Crippen molar-refractivity contribution in [2.45, 2.75) is 99.1 Å². The first-order valence-electron chi connectivity index (χ1n) is 12.1. The van der Waals surface area contributed by atoms with Crippen molar-refractivity contribution in [1.29, 1.82) is 0 Å². The molecular weight excluding hydrogens is 356 g/mol. The smallest absolute Gasteiger partial charge is 0.116 e. The first kappa shape index (κ1) is 23.9. The van der Waals surface area contributed by atoms with Gasteiger partial charge in [0.25, 0.3) is 0 Å². The zero-order chi connectivity index (χ0) is 21.2. The van der Waals surface area contributed by atoms with Crippen LogP contribution in [0.1, 0.15) is 97.7 Å². The van der Waals surface area contributed by atoms with Gasteiger partial charge in [-0.25, -0.2) is 4.68 Å². The first-order chi connectivity index (χ1) is 14.0. The van der Waals surface area contributed by atoms with E-state index in [0.717, 1.165) is 36.0 Å². The molecule has 0 aliphatic heterocycles. The molecule has 0 saturated heterocycles. The number of fused-ring (bicyclic) bond motifs is 1. The quantitative estimate of drug-likeness (QED) is 0.342. The second kappa shape index (κ2) is 12.3. The summed E-state index contributed by atoms with van der Waals surface area (Å²) in [5.74, 6) is 1.52. The highest BCUT2D eigenvalue weighted by atomic mass is 15.5. The summed E-state index contributed by atoms with van der Waals surface area (Å²) in [6, 6.07) is 6.42. The molecule has 1 aromatic carbocycles. The van der Waals surface area contributed by atoms with Crippen LogP contribution in [0.25, 0.3) is 11.0 Å². The van der Waals surface area contributed by atoms with Crippen LogP contribution in [0.2, 0.25) is 0 Å². The topological polar surface area (TPSA) is 34.0 Å². The van der Waals surface area contributed by atoms with Gasteiger partial charge in [-0.3, -0.25) is 4.90 Å². The number of hydrogen-bond donors (Lipinski definition) is 0. The molecule has 0 spiro atoms. The molecule has 0 N–H and O–H groups in total. The van der Waals surface area contributed by atoms with Crippen LogP contribution >= 0.6 is 0 Å². The van der Waals surface area contributed by atoms with Crippen LogP contribution < -0.4 is 0 Å². The van der Waals surface area contributed by atoms with Gasteiger partial charge in [-0.2, -0.15) is 0 Å². The standard InChI is InChI=1S/C25H44N4/c1-7-11-15-22(9-3)18-28(19-23(10-4)16-12-8-2)21(6)29-24-17-13-14-20(5)25(24)26-27-29/h13-14,17,21-23H,7-12,15-16,18-19H2,1-6H3. The molecule has 2 rings (SSSR count). The van der Waals surface area contributed by atoms with E-state index in [1.807, 2.05) is 0 Å². The summed E-state index contributed by atoms with van der Waals surface area (Å²) in [4.78, 5) is 2.70. The van der Waals surface area contributed by atoms with Gasteiger partial charge >= 0.3 is 0 Å². The number of rotatable bonds is 14. The van der Waals surface area contributed by atoms with Gasteiger partial charge in [-0.15, -0.1) is 5.10 Å². The molecule has 1 aromatic heterocycles. The number of hydrogen-bond acceptors (Lipinski definition) is 3. The van der Waals surface area contributed by atoms with Crippen LogP contribution in [-0.4, -0.2) is 33.0 Å². The van der Waals surface area contributed by atoms with E-state index in [1.165, 1.54) is 56.9 Å². The van der Waals surface area contributed by atoms with E-state index in [-0.39, 0.29) is 6.17 Å². The minimum absolute atomic E-state index is 0.230. The van der Waals surface area contributed by atoms with Gasteiger partial charge < -0.3 is 0 Å². The average molecular weight is 401 g/mol. The Morgan fingerprint density at radius 2 is 1.52 bits per heavy atom. The van der Waals surface area contributed by atoms with E-state index in [4.69, 9.17) is 0 Å². The molecule has 1 heterocycles. The number of aryl methyl sites for hydroxylation is 1. The number of benzene rings is 1. The Morgan fingerprint density at radius 1 is 0.931 bits per heavy atom. The van der Waals surface area contributed by atoms with Gasteiger partial charge in [0, 0.05) is 13.1 Å². The number of aromatic nitrogens is 3. The van der Waals surface area contributed by atoms with Crippen molar-refractivity contribution in [2.24, 2.45) is 11.8 Å². The predicted molar refractivity (Wildman–Crippen MR) is 125 cm³/mol. The SMILES string of the molecule is CCCCC(CC)CN(CC(CC)CCCC)C(C)n1nnc2c(C)cccc21. The Morgan fingerprint density at radius 3 is 2.03 bits per heavy atom. The van der Waals surface area contributed by atoms with E-state index < -0.39 is 0 Å². The molecule has 0 fully saturated rings. The Bertz CT molecular complexity index is 690. The van der Waals surface area contributed by atoms with E-state index in [0.29, 0.717) is 0 Å². The molecule has 0 amide bonds. The minimum atomic E-state index is 0.230. The fraction of sp³-hybridized carbons (Fsp3) is 0.760. The normalized spacial score (nSPS) is 15.1. The van der Waals surface area contributed by atoms with Crippen LogP contribution in [0.4, 0.5) is 0 Å². The van der Waals surface area contributed by atoms with Crippen molar-refractivity contribution in [3.8, 4) is 0 Å². The lowest BCUT2D eigenvalue weighted by Gasteiger charge is -2.35. The van der Waals surface area contributed by atoms with Crippen LogP contribution in [0.15, 0.2) is 18.2 Å². The third-order valence-electron chi connectivity index (χ3n) is 6.66. The Labute approximate surface area is 179 Å². The first-order valence-corrected chi connectivity index (χ1v) is 12.1. The van der Waals surface area contributed by atoms with Gasteiger partial charge in [0.2, 0.25) is 0 Å². The fourth-order valence-electron chi connectivity index (χ4n) is 4.41. The van der Waals surface area contributed by atoms with Crippen LogP contribution in [0.5, 0.6) is 0 Å². The van der Waals surface area contributed by atoms with Crippen molar-refractivity contribution in [2.75, 3.05) is 13.1 Å². The van der Waals surface area contributed by atoms with Gasteiger partial charge in [0.1, 0.15) is 11.7 Å². The largest absolute Gasteiger partial charge is 0.281 e. The fourth-order valence-corrected chi connectivity index (χ4v) is 4.41. The molecule has 0 aliphatic carbocycles. The van der Waals surface area contributed by atoms with Crippen molar-refractivity contribution in [3.63, 3.8) is 0 Å². The van der Waals surface area contributed by atoms with Crippen LogP contribution in [0.3, 0.4) is 0 Å². The zero-order valence-corrected chi connectivity index (χ0v) is 19.8.